The van der Waals surface area contributed by atoms with Gasteiger partial charge in [0.05, 0.1) is 23.7 Å². The van der Waals surface area contributed by atoms with E-state index in [1.54, 1.807) is 40.3 Å². The number of urea groups is 1. The molecule has 174 valence electrons. The Morgan fingerprint density at radius 3 is 2.53 bits per heavy atom. The number of aromatic nitrogens is 1. The number of anilines is 1. The molecule has 1 aromatic heterocycles. The summed E-state index contributed by atoms with van der Waals surface area (Å²) in [5, 5.41) is 3.52. The number of piperidine rings is 1. The van der Waals surface area contributed by atoms with Crippen LogP contribution in [-0.2, 0) is 11.3 Å². The van der Waals surface area contributed by atoms with Crippen LogP contribution in [0.4, 0.5) is 14.9 Å². The highest BCUT2D eigenvalue weighted by Crippen LogP contribution is 2.57. The number of benzene rings is 2. The lowest BCUT2D eigenvalue weighted by Crippen LogP contribution is -2.67. The smallest absolute Gasteiger partial charge is 0.317 e. The van der Waals surface area contributed by atoms with Gasteiger partial charge in [0.1, 0.15) is 5.82 Å². The molecule has 2 aliphatic rings. The Morgan fingerprint density at radius 1 is 1.09 bits per heavy atom. The zero-order valence-corrected chi connectivity index (χ0v) is 19.2. The van der Waals surface area contributed by atoms with Crippen molar-refractivity contribution in [2.24, 2.45) is 5.41 Å². The van der Waals surface area contributed by atoms with Gasteiger partial charge < -0.3 is 15.1 Å². The van der Waals surface area contributed by atoms with Crippen LogP contribution in [0.25, 0.3) is 0 Å². The van der Waals surface area contributed by atoms with Gasteiger partial charge in [0, 0.05) is 30.0 Å². The minimum atomic E-state index is -0.641. The van der Waals surface area contributed by atoms with Gasteiger partial charge in [-0.2, -0.15) is 0 Å². The molecule has 3 aromatic rings. The first-order valence-corrected chi connectivity index (χ1v) is 11.6. The Balaban J connectivity index is 1.34. The monoisotopic (exact) mass is 478 g/mol. The molecule has 1 unspecified atom stereocenters. The van der Waals surface area contributed by atoms with E-state index in [1.165, 1.54) is 12.1 Å². The lowest BCUT2D eigenvalue weighted by Gasteiger charge is -2.59. The van der Waals surface area contributed by atoms with E-state index in [9.17, 15) is 14.0 Å². The Morgan fingerprint density at radius 2 is 1.85 bits per heavy atom. The zero-order valence-electron chi connectivity index (χ0n) is 18.5. The topological polar surface area (TPSA) is 65.5 Å². The molecule has 2 aromatic carbocycles. The second kappa shape index (κ2) is 9.06. The van der Waals surface area contributed by atoms with Gasteiger partial charge in [0.25, 0.3) is 0 Å². The third kappa shape index (κ3) is 4.01. The van der Waals surface area contributed by atoms with Crippen molar-refractivity contribution in [3.63, 3.8) is 0 Å². The fourth-order valence-corrected chi connectivity index (χ4v) is 5.16. The molecule has 1 atom stereocenters. The highest BCUT2D eigenvalue weighted by molar-refractivity contribution is 6.30. The Hall–Kier alpha value is -3.45. The summed E-state index contributed by atoms with van der Waals surface area (Å²) in [6, 6.07) is 18.7. The summed E-state index contributed by atoms with van der Waals surface area (Å²) >= 11 is 6.10. The molecule has 1 spiro atoms. The van der Waals surface area contributed by atoms with Gasteiger partial charge in [-0.15, -0.1) is 0 Å². The average molecular weight is 479 g/mol. The van der Waals surface area contributed by atoms with Gasteiger partial charge in [0.2, 0.25) is 5.91 Å². The van der Waals surface area contributed by atoms with Crippen LogP contribution in [0.5, 0.6) is 0 Å². The summed E-state index contributed by atoms with van der Waals surface area (Å²) in [5.41, 5.74) is 1.62. The molecule has 8 heteroatoms. The number of carbonyl (C=O) groups is 2. The average Bonchev–Trinajstić information content (AvgIpc) is 2.87. The van der Waals surface area contributed by atoms with E-state index < -0.39 is 5.41 Å². The predicted octanol–water partition coefficient (Wildman–Crippen LogP) is 4.95. The summed E-state index contributed by atoms with van der Waals surface area (Å²) in [6.45, 7) is 1.27. The first-order chi connectivity index (χ1) is 16.5. The molecule has 0 radical (unpaired) electrons. The summed E-state index contributed by atoms with van der Waals surface area (Å²) in [4.78, 5) is 33.9. The number of pyridine rings is 1. The molecule has 0 saturated carbocycles. The minimum absolute atomic E-state index is 0.0356. The Labute approximate surface area is 202 Å². The molecule has 0 bridgehead atoms. The highest BCUT2D eigenvalue weighted by atomic mass is 35.5. The zero-order chi connectivity index (χ0) is 23.7. The highest BCUT2D eigenvalue weighted by Gasteiger charge is 2.62. The number of halogens is 2. The molecule has 3 amide bonds. The van der Waals surface area contributed by atoms with Gasteiger partial charge in [-0.25, -0.2) is 9.18 Å². The van der Waals surface area contributed by atoms with Crippen molar-refractivity contribution in [3.8, 4) is 0 Å². The molecule has 5 rings (SSSR count). The van der Waals surface area contributed by atoms with Crippen LogP contribution in [0.15, 0.2) is 72.9 Å². The maximum absolute atomic E-state index is 14.0. The van der Waals surface area contributed by atoms with E-state index in [0.29, 0.717) is 43.2 Å². The van der Waals surface area contributed by atoms with Crippen LogP contribution in [0.2, 0.25) is 5.02 Å². The van der Waals surface area contributed by atoms with Crippen molar-refractivity contribution >= 4 is 29.2 Å². The van der Waals surface area contributed by atoms with Crippen LogP contribution in [0.1, 0.15) is 30.1 Å². The normalized spacial score (nSPS) is 19.1. The first kappa shape index (κ1) is 22.3. The summed E-state index contributed by atoms with van der Waals surface area (Å²) in [5.74, 6) is -0.424. The lowest BCUT2D eigenvalue weighted by molar-refractivity contribution is -0.144. The van der Waals surface area contributed by atoms with Gasteiger partial charge >= 0.3 is 6.03 Å². The standard InChI is InChI=1S/C26H24ClFN4O2/c27-19-9-7-18(8-10-19)23-26(24(33)32(23)22-6-3-4-20(28)16-22)11-14-31(15-12-26)25(34)30-17-21-5-1-2-13-29-21/h1-10,13,16,23H,11-12,14-15,17H2,(H,30,34). The number of hydrogen-bond acceptors (Lipinski definition) is 3. The molecule has 34 heavy (non-hydrogen) atoms. The second-order valence-corrected chi connectivity index (χ2v) is 9.17. The maximum Gasteiger partial charge on any atom is 0.317 e. The number of hydrogen-bond donors (Lipinski definition) is 1. The van der Waals surface area contributed by atoms with Crippen molar-refractivity contribution in [1.82, 2.24) is 15.2 Å². The van der Waals surface area contributed by atoms with Crippen LogP contribution < -0.4 is 10.2 Å². The Bertz CT molecular complexity index is 1200. The number of nitrogens with one attached hydrogen (secondary N) is 1. The minimum Gasteiger partial charge on any atom is -0.332 e. The van der Waals surface area contributed by atoms with Crippen LogP contribution in [0.3, 0.4) is 0 Å². The van der Waals surface area contributed by atoms with Gasteiger partial charge in [0.15, 0.2) is 0 Å². The molecule has 6 nitrogen and oxygen atoms in total. The van der Waals surface area contributed by atoms with Crippen molar-refractivity contribution in [1.29, 1.82) is 0 Å². The SMILES string of the molecule is O=C(NCc1ccccn1)N1CCC2(CC1)C(=O)N(c1cccc(F)c1)C2c1ccc(Cl)cc1. The van der Waals surface area contributed by atoms with E-state index in [4.69, 9.17) is 11.6 Å². The third-order valence-electron chi connectivity index (χ3n) is 6.79. The fourth-order valence-electron chi connectivity index (χ4n) is 5.04. The number of nitrogens with zero attached hydrogens (tertiary/aromatic N) is 3. The molecular formula is C26H24ClFN4O2. The lowest BCUT2D eigenvalue weighted by atomic mass is 9.62. The Kier molecular flexibility index (Phi) is 5.96. The number of likely N-dealkylation sites (tertiary alicyclic amines) is 1. The molecule has 2 saturated heterocycles. The quantitative estimate of drug-likeness (QED) is 0.539. The molecule has 1 N–H and O–H groups in total. The number of β-lactam (4-membered cyclic amide) rings is 1. The molecule has 3 heterocycles. The van der Waals surface area contributed by atoms with E-state index in [0.717, 1.165) is 11.3 Å². The van der Waals surface area contributed by atoms with E-state index in [2.05, 4.69) is 10.3 Å². The number of rotatable bonds is 4. The van der Waals surface area contributed by atoms with Crippen LogP contribution >= 0.6 is 11.6 Å². The summed E-state index contributed by atoms with van der Waals surface area (Å²) < 4.78 is 14.0. The van der Waals surface area contributed by atoms with Crippen molar-refractivity contribution < 1.29 is 14.0 Å². The fraction of sp³-hybridized carbons (Fsp3) is 0.269. The van der Waals surface area contributed by atoms with Crippen molar-refractivity contribution in [3.05, 3.63) is 95.0 Å². The van der Waals surface area contributed by atoms with Crippen LogP contribution in [-0.4, -0.2) is 34.9 Å². The molecule has 2 fully saturated rings. The number of carbonyl (C=O) groups excluding carboxylic acids is 2. The van der Waals surface area contributed by atoms with E-state index in [-0.39, 0.29) is 23.8 Å². The van der Waals surface area contributed by atoms with E-state index >= 15 is 0 Å². The number of amides is 3. The molecule has 2 aliphatic heterocycles. The van der Waals surface area contributed by atoms with Crippen molar-refractivity contribution in [2.75, 3.05) is 18.0 Å². The first-order valence-electron chi connectivity index (χ1n) is 11.3. The van der Waals surface area contributed by atoms with Gasteiger partial charge in [-0.1, -0.05) is 35.9 Å². The summed E-state index contributed by atoms with van der Waals surface area (Å²) in [7, 11) is 0. The van der Waals surface area contributed by atoms with Gasteiger partial charge in [-0.3, -0.25) is 9.78 Å². The van der Waals surface area contributed by atoms with Crippen molar-refractivity contribution in [2.45, 2.75) is 25.4 Å². The van der Waals surface area contributed by atoms with Gasteiger partial charge in [-0.05, 0) is 60.9 Å². The van der Waals surface area contributed by atoms with E-state index in [1.807, 2.05) is 30.3 Å². The second-order valence-electron chi connectivity index (χ2n) is 8.73. The third-order valence-corrected chi connectivity index (χ3v) is 7.04. The van der Waals surface area contributed by atoms with Crippen LogP contribution in [0, 0.1) is 11.2 Å². The largest absolute Gasteiger partial charge is 0.332 e. The summed E-state index contributed by atoms with van der Waals surface area (Å²) in [6.07, 6.45) is 2.75. The molecular weight excluding hydrogens is 455 g/mol. The maximum atomic E-state index is 14.0. The molecule has 0 aliphatic carbocycles. The predicted molar refractivity (Wildman–Crippen MR) is 128 cm³/mol.